The maximum absolute atomic E-state index is 11.9. The molecular formula is C14H21BrN2O2. The lowest BCUT2D eigenvalue weighted by Gasteiger charge is -2.29. The summed E-state index contributed by atoms with van der Waals surface area (Å²) in [5.41, 5.74) is 0.128. The number of β-amino-alcohol motifs (C(OH)–C–C–N with tert-alkyl or cyclic N) is 1. The van der Waals surface area contributed by atoms with Gasteiger partial charge in [0.05, 0.1) is 11.6 Å². The van der Waals surface area contributed by atoms with Crippen molar-refractivity contribution in [3.8, 4) is 0 Å². The standard InChI is InChI=1S/C14H21BrN2O2/c1-14(2,13(19)17(3)4)16-9-12(18)10-5-7-11(15)8-6-10/h5-8,12,16,18H,9H2,1-4H3. The van der Waals surface area contributed by atoms with Gasteiger partial charge in [-0.2, -0.15) is 0 Å². The van der Waals surface area contributed by atoms with E-state index in [9.17, 15) is 9.90 Å². The molecule has 5 heteroatoms. The molecule has 2 N–H and O–H groups in total. The summed E-state index contributed by atoms with van der Waals surface area (Å²) in [7, 11) is 3.44. The van der Waals surface area contributed by atoms with Gasteiger partial charge >= 0.3 is 0 Å². The fraction of sp³-hybridized carbons (Fsp3) is 0.500. The SMILES string of the molecule is CN(C)C(=O)C(C)(C)NCC(O)c1ccc(Br)cc1. The van der Waals surface area contributed by atoms with Crippen LogP contribution in [0, 0.1) is 0 Å². The second-order valence-corrected chi connectivity index (χ2v) is 6.19. The molecule has 0 heterocycles. The number of nitrogens with one attached hydrogen (secondary N) is 1. The van der Waals surface area contributed by atoms with E-state index in [1.54, 1.807) is 19.0 Å². The van der Waals surface area contributed by atoms with Gasteiger partial charge in [0.15, 0.2) is 0 Å². The van der Waals surface area contributed by atoms with Crippen molar-refractivity contribution in [3.63, 3.8) is 0 Å². The highest BCUT2D eigenvalue weighted by Crippen LogP contribution is 2.17. The van der Waals surface area contributed by atoms with Crippen molar-refractivity contribution in [2.45, 2.75) is 25.5 Å². The molecule has 19 heavy (non-hydrogen) atoms. The van der Waals surface area contributed by atoms with Crippen LogP contribution in [0.4, 0.5) is 0 Å². The molecule has 0 radical (unpaired) electrons. The molecule has 1 aromatic rings. The van der Waals surface area contributed by atoms with Gasteiger partial charge in [-0.25, -0.2) is 0 Å². The average Bonchev–Trinajstić information content (AvgIpc) is 2.35. The number of nitrogens with zero attached hydrogens (tertiary/aromatic N) is 1. The predicted molar refractivity (Wildman–Crippen MR) is 79.9 cm³/mol. The molecule has 0 aliphatic carbocycles. The maximum atomic E-state index is 11.9. The number of amides is 1. The Morgan fingerprint density at radius 3 is 2.37 bits per heavy atom. The molecule has 1 unspecified atom stereocenters. The number of rotatable bonds is 5. The number of aliphatic hydroxyl groups is 1. The van der Waals surface area contributed by atoms with Crippen molar-refractivity contribution in [3.05, 3.63) is 34.3 Å². The largest absolute Gasteiger partial charge is 0.387 e. The summed E-state index contributed by atoms with van der Waals surface area (Å²) < 4.78 is 0.972. The van der Waals surface area contributed by atoms with Crippen LogP contribution >= 0.6 is 15.9 Å². The van der Waals surface area contributed by atoms with Crippen LogP contribution in [0.2, 0.25) is 0 Å². The summed E-state index contributed by atoms with van der Waals surface area (Å²) in [6.07, 6.45) is -0.637. The highest BCUT2D eigenvalue weighted by molar-refractivity contribution is 9.10. The molecule has 106 valence electrons. The predicted octanol–water partition coefficient (Wildman–Crippen LogP) is 1.94. The third kappa shape index (κ3) is 4.60. The molecule has 0 aromatic heterocycles. The Balaban J connectivity index is 2.61. The lowest BCUT2D eigenvalue weighted by molar-refractivity contribution is -0.134. The van der Waals surface area contributed by atoms with Crippen molar-refractivity contribution < 1.29 is 9.90 Å². The van der Waals surface area contributed by atoms with E-state index in [1.165, 1.54) is 0 Å². The first-order valence-corrected chi connectivity index (χ1v) is 6.93. The van der Waals surface area contributed by atoms with Crippen LogP contribution < -0.4 is 5.32 Å². The number of hydrogen-bond donors (Lipinski definition) is 2. The molecule has 1 amide bonds. The minimum absolute atomic E-state index is 0.0180. The fourth-order valence-electron chi connectivity index (χ4n) is 1.79. The van der Waals surface area contributed by atoms with Gasteiger partial charge in [0.2, 0.25) is 5.91 Å². The highest BCUT2D eigenvalue weighted by atomic mass is 79.9. The maximum Gasteiger partial charge on any atom is 0.241 e. The van der Waals surface area contributed by atoms with E-state index in [0.717, 1.165) is 10.0 Å². The van der Waals surface area contributed by atoms with Crippen molar-refractivity contribution in [1.82, 2.24) is 10.2 Å². The van der Waals surface area contributed by atoms with Gasteiger partial charge in [-0.1, -0.05) is 28.1 Å². The Labute approximate surface area is 122 Å². The second-order valence-electron chi connectivity index (χ2n) is 5.27. The molecule has 1 aromatic carbocycles. The Morgan fingerprint density at radius 1 is 1.37 bits per heavy atom. The number of benzene rings is 1. The zero-order chi connectivity index (χ0) is 14.6. The van der Waals surface area contributed by atoms with Crippen molar-refractivity contribution in [2.24, 2.45) is 0 Å². The van der Waals surface area contributed by atoms with Crippen LogP contribution in [0.5, 0.6) is 0 Å². The lowest BCUT2D eigenvalue weighted by atomic mass is 10.0. The zero-order valence-electron chi connectivity index (χ0n) is 11.8. The molecule has 0 fully saturated rings. The molecule has 4 nitrogen and oxygen atoms in total. The second kappa shape index (κ2) is 6.50. The van der Waals surface area contributed by atoms with Crippen LogP contribution in [-0.4, -0.2) is 42.1 Å². The quantitative estimate of drug-likeness (QED) is 0.868. The lowest BCUT2D eigenvalue weighted by Crippen LogP contribution is -2.53. The van der Waals surface area contributed by atoms with E-state index in [4.69, 9.17) is 0 Å². The third-order valence-corrected chi connectivity index (χ3v) is 3.46. The van der Waals surface area contributed by atoms with Crippen molar-refractivity contribution in [2.75, 3.05) is 20.6 Å². The molecule has 0 saturated heterocycles. The van der Waals surface area contributed by atoms with E-state index in [0.29, 0.717) is 6.54 Å². The number of likely N-dealkylation sites (N-methyl/N-ethyl adjacent to an activating group) is 1. The number of carbonyl (C=O) groups excluding carboxylic acids is 1. The van der Waals surface area contributed by atoms with E-state index < -0.39 is 11.6 Å². The smallest absolute Gasteiger partial charge is 0.241 e. The number of aliphatic hydroxyl groups excluding tert-OH is 1. The first-order chi connectivity index (χ1) is 8.74. The Bertz CT molecular complexity index is 430. The van der Waals surface area contributed by atoms with Crippen LogP contribution in [0.25, 0.3) is 0 Å². The van der Waals surface area contributed by atoms with Crippen LogP contribution in [0.3, 0.4) is 0 Å². The molecule has 0 aliphatic rings. The minimum Gasteiger partial charge on any atom is -0.387 e. The minimum atomic E-state index is -0.695. The first kappa shape index (κ1) is 16.1. The zero-order valence-corrected chi connectivity index (χ0v) is 13.4. The monoisotopic (exact) mass is 328 g/mol. The van der Waals surface area contributed by atoms with E-state index >= 15 is 0 Å². The number of carbonyl (C=O) groups is 1. The molecule has 0 spiro atoms. The van der Waals surface area contributed by atoms with E-state index in [1.807, 2.05) is 38.1 Å². The Hall–Kier alpha value is -0.910. The normalized spacial score (nSPS) is 13.2. The summed E-state index contributed by atoms with van der Waals surface area (Å²) in [5.74, 6) is -0.0180. The molecule has 1 rings (SSSR count). The van der Waals surface area contributed by atoms with Gasteiger partial charge in [-0.15, -0.1) is 0 Å². The van der Waals surface area contributed by atoms with E-state index in [2.05, 4.69) is 21.2 Å². The van der Waals surface area contributed by atoms with Crippen LogP contribution in [0.15, 0.2) is 28.7 Å². The van der Waals surface area contributed by atoms with Gasteiger partial charge in [-0.3, -0.25) is 4.79 Å². The Kier molecular flexibility index (Phi) is 5.52. The van der Waals surface area contributed by atoms with Gasteiger partial charge in [0, 0.05) is 25.1 Å². The highest BCUT2D eigenvalue weighted by Gasteiger charge is 2.29. The van der Waals surface area contributed by atoms with Gasteiger partial charge in [0.1, 0.15) is 0 Å². The molecular weight excluding hydrogens is 308 g/mol. The van der Waals surface area contributed by atoms with Gasteiger partial charge < -0.3 is 15.3 Å². The number of hydrogen-bond acceptors (Lipinski definition) is 3. The van der Waals surface area contributed by atoms with Crippen LogP contribution in [0.1, 0.15) is 25.5 Å². The number of halogens is 1. The summed E-state index contributed by atoms with van der Waals surface area (Å²) in [6, 6.07) is 7.48. The van der Waals surface area contributed by atoms with Crippen molar-refractivity contribution in [1.29, 1.82) is 0 Å². The third-order valence-electron chi connectivity index (χ3n) is 2.93. The van der Waals surface area contributed by atoms with Crippen LogP contribution in [-0.2, 0) is 4.79 Å². The molecule has 0 saturated carbocycles. The summed E-state index contributed by atoms with van der Waals surface area (Å²) in [5, 5.41) is 13.2. The molecule has 0 aliphatic heterocycles. The summed E-state index contributed by atoms with van der Waals surface area (Å²) >= 11 is 3.35. The van der Waals surface area contributed by atoms with Crippen molar-refractivity contribution >= 4 is 21.8 Å². The van der Waals surface area contributed by atoms with Gasteiger partial charge in [0.25, 0.3) is 0 Å². The van der Waals surface area contributed by atoms with Gasteiger partial charge in [-0.05, 0) is 31.5 Å². The average molecular weight is 329 g/mol. The summed E-state index contributed by atoms with van der Waals surface area (Å²) in [6.45, 7) is 3.95. The Morgan fingerprint density at radius 2 is 1.89 bits per heavy atom. The van der Waals surface area contributed by atoms with E-state index in [-0.39, 0.29) is 5.91 Å². The molecule has 0 bridgehead atoms. The summed E-state index contributed by atoms with van der Waals surface area (Å²) in [4.78, 5) is 13.5. The molecule has 1 atom stereocenters. The fourth-order valence-corrected chi connectivity index (χ4v) is 2.05. The topological polar surface area (TPSA) is 52.6 Å². The first-order valence-electron chi connectivity index (χ1n) is 6.14.